The Labute approximate surface area is 90.4 Å². The zero-order valence-corrected chi connectivity index (χ0v) is 10.1. The van der Waals surface area contributed by atoms with Crippen molar-refractivity contribution in [3.05, 3.63) is 0 Å². The van der Waals surface area contributed by atoms with Gasteiger partial charge in [-0.2, -0.15) is 8.78 Å². The number of hydrogen-bond acceptors (Lipinski definition) is 1. The van der Waals surface area contributed by atoms with E-state index in [4.69, 9.17) is 0 Å². The van der Waals surface area contributed by atoms with E-state index in [0.29, 0.717) is 6.42 Å². The van der Waals surface area contributed by atoms with Gasteiger partial charge >= 0.3 is 5.92 Å². The molecule has 15 heavy (non-hydrogen) atoms. The Bertz CT molecular complexity index is 217. The van der Waals surface area contributed by atoms with Gasteiger partial charge in [-0.25, -0.2) is 0 Å². The van der Waals surface area contributed by atoms with Crippen molar-refractivity contribution in [1.29, 1.82) is 0 Å². The molecule has 0 aromatic rings. The highest BCUT2D eigenvalue weighted by molar-refractivity contribution is 5.86. The smallest absolute Gasteiger partial charge is 0.329 e. The molecule has 0 saturated carbocycles. The van der Waals surface area contributed by atoms with E-state index in [9.17, 15) is 13.6 Å². The molecule has 2 atom stereocenters. The standard InChI is InChI=1S/C9H15F2NO.C2H6/c1-4-6-7(5(2)3)9(10,11)8(13)12-6;1-2/h5-7H,4H2,1-3H3,(H,12,13);1-2H3. The molecular weight excluding hydrogens is 200 g/mol. The Morgan fingerprint density at radius 2 is 1.87 bits per heavy atom. The fraction of sp³-hybridized carbons (Fsp3) is 0.909. The van der Waals surface area contributed by atoms with Gasteiger partial charge in [-0.15, -0.1) is 0 Å². The number of alkyl halides is 2. The number of hydrogen-bond donors (Lipinski definition) is 1. The maximum atomic E-state index is 13.3. The predicted octanol–water partition coefficient (Wildman–Crippen LogP) is 2.83. The summed E-state index contributed by atoms with van der Waals surface area (Å²) >= 11 is 0. The third-order valence-corrected chi connectivity index (χ3v) is 2.63. The van der Waals surface area contributed by atoms with Crippen LogP contribution in [-0.2, 0) is 4.79 Å². The van der Waals surface area contributed by atoms with Crippen molar-refractivity contribution in [2.45, 2.75) is 53.0 Å². The molecule has 1 aliphatic rings. The zero-order valence-electron chi connectivity index (χ0n) is 10.1. The predicted molar refractivity (Wildman–Crippen MR) is 56.8 cm³/mol. The Kier molecular flexibility index (Phi) is 5.18. The summed E-state index contributed by atoms with van der Waals surface area (Å²) in [6.07, 6.45) is 0.560. The van der Waals surface area contributed by atoms with Gasteiger partial charge in [-0.05, 0) is 12.3 Å². The summed E-state index contributed by atoms with van der Waals surface area (Å²) in [6.45, 7) is 9.25. The van der Waals surface area contributed by atoms with Crippen molar-refractivity contribution in [1.82, 2.24) is 5.32 Å². The molecule has 90 valence electrons. The molecule has 1 amide bonds. The molecule has 1 saturated heterocycles. The van der Waals surface area contributed by atoms with Gasteiger partial charge in [0.2, 0.25) is 0 Å². The second-order valence-electron chi connectivity index (χ2n) is 3.88. The van der Waals surface area contributed by atoms with E-state index in [1.807, 2.05) is 20.8 Å². The van der Waals surface area contributed by atoms with Gasteiger partial charge in [0.05, 0.1) is 5.92 Å². The lowest BCUT2D eigenvalue weighted by Gasteiger charge is -2.24. The molecule has 1 heterocycles. The molecule has 4 heteroatoms. The van der Waals surface area contributed by atoms with Crippen LogP contribution in [0.2, 0.25) is 0 Å². The van der Waals surface area contributed by atoms with E-state index in [0.717, 1.165) is 0 Å². The summed E-state index contributed by atoms with van der Waals surface area (Å²) in [5.74, 6) is -5.34. The topological polar surface area (TPSA) is 29.1 Å². The average Bonchev–Trinajstić information content (AvgIpc) is 2.40. The van der Waals surface area contributed by atoms with Gasteiger partial charge < -0.3 is 5.32 Å². The summed E-state index contributed by atoms with van der Waals surface area (Å²) in [5.41, 5.74) is 0. The summed E-state index contributed by atoms with van der Waals surface area (Å²) in [6, 6.07) is -0.373. The number of halogens is 2. The van der Waals surface area contributed by atoms with Crippen LogP contribution in [0.5, 0.6) is 0 Å². The first-order valence-corrected chi connectivity index (χ1v) is 5.60. The first kappa shape index (κ1) is 14.3. The molecule has 1 aliphatic heterocycles. The molecule has 0 aliphatic carbocycles. The van der Waals surface area contributed by atoms with Crippen LogP contribution in [0.3, 0.4) is 0 Å². The Morgan fingerprint density at radius 1 is 1.40 bits per heavy atom. The quantitative estimate of drug-likeness (QED) is 0.763. The fourth-order valence-corrected chi connectivity index (χ4v) is 2.00. The lowest BCUT2D eigenvalue weighted by molar-refractivity contribution is -0.146. The van der Waals surface area contributed by atoms with Crippen molar-refractivity contribution in [2.24, 2.45) is 11.8 Å². The van der Waals surface area contributed by atoms with Gasteiger partial charge in [-0.3, -0.25) is 4.79 Å². The monoisotopic (exact) mass is 221 g/mol. The SMILES string of the molecule is CC.CCC1NC(=O)C(F)(F)C1C(C)C. The normalized spacial score (nSPS) is 28.4. The van der Waals surface area contributed by atoms with Crippen LogP contribution >= 0.6 is 0 Å². The number of amides is 1. The van der Waals surface area contributed by atoms with Crippen molar-refractivity contribution in [3.63, 3.8) is 0 Å². The van der Waals surface area contributed by atoms with E-state index < -0.39 is 17.7 Å². The van der Waals surface area contributed by atoms with E-state index in [2.05, 4.69) is 5.32 Å². The highest BCUT2D eigenvalue weighted by Crippen LogP contribution is 2.39. The van der Waals surface area contributed by atoms with Crippen LogP contribution in [0.25, 0.3) is 0 Å². The molecule has 0 radical (unpaired) electrons. The summed E-state index contributed by atoms with van der Waals surface area (Å²) in [7, 11) is 0. The fourth-order valence-electron chi connectivity index (χ4n) is 2.00. The number of carbonyl (C=O) groups excluding carboxylic acids is 1. The molecule has 0 aromatic heterocycles. The Balaban J connectivity index is 0.000000921. The molecule has 1 rings (SSSR count). The Hall–Kier alpha value is -0.670. The van der Waals surface area contributed by atoms with Crippen molar-refractivity contribution in [2.75, 3.05) is 0 Å². The lowest BCUT2D eigenvalue weighted by Crippen LogP contribution is -2.36. The van der Waals surface area contributed by atoms with Crippen LogP contribution in [0.4, 0.5) is 8.78 Å². The maximum absolute atomic E-state index is 13.3. The van der Waals surface area contributed by atoms with E-state index in [-0.39, 0.29) is 12.0 Å². The minimum Gasteiger partial charge on any atom is -0.348 e. The maximum Gasteiger partial charge on any atom is 0.329 e. The van der Waals surface area contributed by atoms with Gasteiger partial charge in [0.1, 0.15) is 0 Å². The molecule has 2 nitrogen and oxygen atoms in total. The van der Waals surface area contributed by atoms with Gasteiger partial charge in [0, 0.05) is 6.04 Å². The van der Waals surface area contributed by atoms with Gasteiger partial charge in [-0.1, -0.05) is 34.6 Å². The average molecular weight is 221 g/mol. The van der Waals surface area contributed by atoms with Crippen LogP contribution in [0.15, 0.2) is 0 Å². The lowest BCUT2D eigenvalue weighted by atomic mass is 9.85. The molecular formula is C11H21F2NO. The highest BCUT2D eigenvalue weighted by Gasteiger charge is 2.57. The first-order chi connectivity index (χ1) is 6.91. The van der Waals surface area contributed by atoms with Gasteiger partial charge in [0.15, 0.2) is 0 Å². The van der Waals surface area contributed by atoms with Crippen LogP contribution in [-0.4, -0.2) is 17.9 Å². The summed E-state index contributed by atoms with van der Waals surface area (Å²) in [5, 5.41) is 2.34. The Morgan fingerprint density at radius 3 is 2.13 bits per heavy atom. The van der Waals surface area contributed by atoms with Crippen LogP contribution in [0.1, 0.15) is 41.0 Å². The summed E-state index contributed by atoms with van der Waals surface area (Å²) < 4.78 is 26.6. The molecule has 1 fully saturated rings. The molecule has 2 unspecified atom stereocenters. The number of nitrogens with one attached hydrogen (secondary N) is 1. The number of rotatable bonds is 2. The molecule has 0 aromatic carbocycles. The largest absolute Gasteiger partial charge is 0.348 e. The van der Waals surface area contributed by atoms with E-state index in [1.54, 1.807) is 13.8 Å². The second kappa shape index (κ2) is 5.42. The highest BCUT2D eigenvalue weighted by atomic mass is 19.3. The third kappa shape index (κ3) is 2.67. The van der Waals surface area contributed by atoms with Crippen LogP contribution in [0, 0.1) is 11.8 Å². The molecule has 1 N–H and O–H groups in total. The van der Waals surface area contributed by atoms with Crippen molar-refractivity contribution < 1.29 is 13.6 Å². The van der Waals surface area contributed by atoms with Crippen LogP contribution < -0.4 is 5.32 Å². The van der Waals surface area contributed by atoms with Crippen molar-refractivity contribution >= 4 is 5.91 Å². The van der Waals surface area contributed by atoms with Gasteiger partial charge in [0.25, 0.3) is 5.91 Å². The minimum absolute atomic E-state index is 0.182. The number of carbonyl (C=O) groups is 1. The molecule has 0 spiro atoms. The minimum atomic E-state index is -3.19. The third-order valence-electron chi connectivity index (χ3n) is 2.63. The first-order valence-electron chi connectivity index (χ1n) is 5.60. The molecule has 0 bridgehead atoms. The van der Waals surface area contributed by atoms with E-state index >= 15 is 0 Å². The second-order valence-corrected chi connectivity index (χ2v) is 3.88. The zero-order chi connectivity index (χ0) is 12.2. The van der Waals surface area contributed by atoms with E-state index in [1.165, 1.54) is 0 Å². The summed E-state index contributed by atoms with van der Waals surface area (Å²) in [4.78, 5) is 10.9. The van der Waals surface area contributed by atoms with Crippen molar-refractivity contribution in [3.8, 4) is 0 Å².